The summed E-state index contributed by atoms with van der Waals surface area (Å²) in [6, 6.07) is 3.64. The van der Waals surface area contributed by atoms with Gasteiger partial charge in [-0.1, -0.05) is 0 Å². The zero-order valence-electron chi connectivity index (χ0n) is 12.3. The van der Waals surface area contributed by atoms with E-state index in [4.69, 9.17) is 0 Å². The molecule has 1 atom stereocenters. The van der Waals surface area contributed by atoms with Gasteiger partial charge in [0.2, 0.25) is 5.91 Å². The molecular weight excluding hydrogens is 286 g/mol. The van der Waals surface area contributed by atoms with Crippen molar-refractivity contribution in [1.29, 1.82) is 0 Å². The van der Waals surface area contributed by atoms with Crippen molar-refractivity contribution in [3.05, 3.63) is 29.6 Å². The van der Waals surface area contributed by atoms with E-state index < -0.39 is 0 Å². The van der Waals surface area contributed by atoms with Crippen LogP contribution < -0.4 is 0 Å². The highest BCUT2D eigenvalue weighted by molar-refractivity contribution is 7.99. The number of hydrogen-bond acceptors (Lipinski definition) is 4. The molecule has 1 aromatic heterocycles. The number of thioether (sulfide) groups is 1. The largest absolute Gasteiger partial charge is 0.341 e. The van der Waals surface area contributed by atoms with Crippen molar-refractivity contribution in [3.8, 4) is 0 Å². The second-order valence-corrected chi connectivity index (χ2v) is 6.66. The van der Waals surface area contributed by atoms with Crippen LogP contribution in [0, 0.1) is 6.92 Å². The molecule has 0 radical (unpaired) electrons. The van der Waals surface area contributed by atoms with Gasteiger partial charge in [-0.05, 0) is 31.9 Å². The summed E-state index contributed by atoms with van der Waals surface area (Å²) in [4.78, 5) is 32.8. The molecule has 2 aliphatic rings. The molecule has 6 heteroatoms. The topological polar surface area (TPSA) is 53.5 Å². The molecule has 0 unspecified atom stereocenters. The zero-order valence-corrected chi connectivity index (χ0v) is 13.1. The smallest absolute Gasteiger partial charge is 0.256 e. The fraction of sp³-hybridized carbons (Fsp3) is 0.533. The summed E-state index contributed by atoms with van der Waals surface area (Å²) in [5, 5.41) is 0. The lowest BCUT2D eigenvalue weighted by atomic mass is 10.2. The molecule has 2 heterocycles. The van der Waals surface area contributed by atoms with Gasteiger partial charge in [-0.3, -0.25) is 14.6 Å². The van der Waals surface area contributed by atoms with Gasteiger partial charge >= 0.3 is 0 Å². The second kappa shape index (κ2) is 5.67. The molecule has 2 fully saturated rings. The number of amides is 2. The first kappa shape index (κ1) is 14.4. The van der Waals surface area contributed by atoms with Crippen LogP contribution in [0.15, 0.2) is 18.3 Å². The Bertz CT molecular complexity index is 557. The highest BCUT2D eigenvalue weighted by Gasteiger charge is 2.40. The molecule has 112 valence electrons. The average Bonchev–Trinajstić information content (AvgIpc) is 3.23. The Kier molecular flexibility index (Phi) is 3.89. The molecule has 1 saturated heterocycles. The van der Waals surface area contributed by atoms with Crippen molar-refractivity contribution in [2.45, 2.75) is 31.8 Å². The fourth-order valence-electron chi connectivity index (χ4n) is 2.48. The summed E-state index contributed by atoms with van der Waals surface area (Å²) >= 11 is 1.63. The minimum Gasteiger partial charge on any atom is -0.341 e. The van der Waals surface area contributed by atoms with Gasteiger partial charge in [0.25, 0.3) is 5.91 Å². The van der Waals surface area contributed by atoms with Crippen LogP contribution in [-0.4, -0.2) is 57.4 Å². The Morgan fingerprint density at radius 3 is 2.76 bits per heavy atom. The highest BCUT2D eigenvalue weighted by atomic mass is 32.2. The fourth-order valence-corrected chi connectivity index (χ4v) is 3.63. The van der Waals surface area contributed by atoms with Crippen LogP contribution in [0.5, 0.6) is 0 Å². The van der Waals surface area contributed by atoms with Crippen molar-refractivity contribution < 1.29 is 9.59 Å². The summed E-state index contributed by atoms with van der Waals surface area (Å²) in [6.45, 7) is 1.89. The van der Waals surface area contributed by atoms with Gasteiger partial charge in [0, 0.05) is 30.7 Å². The molecular formula is C15H19N3O2S. The number of likely N-dealkylation sites (N-methyl/N-ethyl adjacent to an activating group) is 1. The van der Waals surface area contributed by atoms with E-state index in [1.54, 1.807) is 28.9 Å². The van der Waals surface area contributed by atoms with Crippen molar-refractivity contribution in [3.63, 3.8) is 0 Å². The third kappa shape index (κ3) is 2.90. The molecule has 1 aliphatic carbocycles. The summed E-state index contributed by atoms with van der Waals surface area (Å²) < 4.78 is 0. The van der Waals surface area contributed by atoms with Crippen LogP contribution in [0.3, 0.4) is 0 Å². The van der Waals surface area contributed by atoms with Gasteiger partial charge in [0.1, 0.15) is 6.04 Å². The third-order valence-corrected chi connectivity index (χ3v) is 5.04. The molecule has 3 rings (SSSR count). The normalized spacial score (nSPS) is 21.4. The van der Waals surface area contributed by atoms with Crippen LogP contribution in [0.1, 0.15) is 28.9 Å². The summed E-state index contributed by atoms with van der Waals surface area (Å²) in [6.07, 6.45) is 3.75. The number of aryl methyl sites for hydroxylation is 1. The summed E-state index contributed by atoms with van der Waals surface area (Å²) in [5.74, 6) is 1.22. The van der Waals surface area contributed by atoms with E-state index in [0.29, 0.717) is 23.2 Å². The van der Waals surface area contributed by atoms with Crippen LogP contribution in [0.4, 0.5) is 0 Å². The molecule has 1 aliphatic heterocycles. The van der Waals surface area contributed by atoms with Gasteiger partial charge < -0.3 is 9.80 Å². The van der Waals surface area contributed by atoms with Crippen molar-refractivity contribution in [2.24, 2.45) is 0 Å². The van der Waals surface area contributed by atoms with Gasteiger partial charge in [-0.2, -0.15) is 0 Å². The predicted molar refractivity (Wildman–Crippen MR) is 82.0 cm³/mol. The van der Waals surface area contributed by atoms with Crippen LogP contribution in [-0.2, 0) is 4.79 Å². The molecule has 1 aromatic rings. The van der Waals surface area contributed by atoms with Crippen molar-refractivity contribution >= 4 is 23.6 Å². The third-order valence-electron chi connectivity index (χ3n) is 4.03. The Balaban J connectivity index is 1.75. The minimum absolute atomic E-state index is 0.0657. The molecule has 0 N–H and O–H groups in total. The highest BCUT2D eigenvalue weighted by Crippen LogP contribution is 2.29. The first-order valence-corrected chi connectivity index (χ1v) is 8.31. The van der Waals surface area contributed by atoms with E-state index in [0.717, 1.165) is 18.5 Å². The van der Waals surface area contributed by atoms with E-state index in [-0.39, 0.29) is 17.9 Å². The number of carbonyl (C=O) groups is 2. The standard InChI is InChI=1S/C15H19N3O2S/c1-10-3-4-11(7-16-10)14(19)18-9-21-8-13(18)15(20)17(2)12-5-6-12/h3-4,7,12-13H,5-6,8-9H2,1-2H3/t13-/m1/s1. The van der Waals surface area contributed by atoms with Crippen LogP contribution in [0.25, 0.3) is 0 Å². The Hall–Kier alpha value is -1.56. The first-order valence-electron chi connectivity index (χ1n) is 7.16. The number of aromatic nitrogens is 1. The van der Waals surface area contributed by atoms with Gasteiger partial charge in [-0.25, -0.2) is 0 Å². The number of rotatable bonds is 3. The molecule has 1 saturated carbocycles. The zero-order chi connectivity index (χ0) is 15.0. The lowest BCUT2D eigenvalue weighted by molar-refractivity contribution is -0.134. The van der Waals surface area contributed by atoms with Gasteiger partial charge in [0.05, 0.1) is 11.4 Å². The number of carbonyl (C=O) groups excluding carboxylic acids is 2. The van der Waals surface area contributed by atoms with E-state index >= 15 is 0 Å². The molecule has 0 bridgehead atoms. The van der Waals surface area contributed by atoms with Crippen molar-refractivity contribution in [2.75, 3.05) is 18.7 Å². The van der Waals surface area contributed by atoms with Crippen LogP contribution in [0.2, 0.25) is 0 Å². The summed E-state index contributed by atoms with van der Waals surface area (Å²) in [7, 11) is 1.85. The molecule has 0 aromatic carbocycles. The minimum atomic E-state index is -0.339. The average molecular weight is 305 g/mol. The van der Waals surface area contributed by atoms with E-state index in [1.807, 2.05) is 24.9 Å². The lowest BCUT2D eigenvalue weighted by Crippen LogP contribution is -2.48. The van der Waals surface area contributed by atoms with Crippen LogP contribution >= 0.6 is 11.8 Å². The second-order valence-electron chi connectivity index (χ2n) is 5.66. The maximum atomic E-state index is 12.6. The van der Waals surface area contributed by atoms with Gasteiger partial charge in [0.15, 0.2) is 0 Å². The number of nitrogens with zero attached hydrogens (tertiary/aromatic N) is 3. The molecule has 21 heavy (non-hydrogen) atoms. The Morgan fingerprint density at radius 2 is 2.14 bits per heavy atom. The first-order chi connectivity index (χ1) is 10.1. The van der Waals surface area contributed by atoms with Crippen molar-refractivity contribution in [1.82, 2.24) is 14.8 Å². The SMILES string of the molecule is Cc1ccc(C(=O)N2CSC[C@@H]2C(=O)N(C)C2CC2)cn1. The maximum absolute atomic E-state index is 12.6. The predicted octanol–water partition coefficient (Wildman–Crippen LogP) is 1.53. The monoisotopic (exact) mass is 305 g/mol. The number of pyridine rings is 1. The lowest BCUT2D eigenvalue weighted by Gasteiger charge is -2.27. The molecule has 5 nitrogen and oxygen atoms in total. The van der Waals surface area contributed by atoms with E-state index in [9.17, 15) is 9.59 Å². The number of hydrogen-bond donors (Lipinski definition) is 0. The Morgan fingerprint density at radius 1 is 1.38 bits per heavy atom. The molecule has 2 amide bonds. The molecule has 0 spiro atoms. The van der Waals surface area contributed by atoms with E-state index in [2.05, 4.69) is 4.98 Å². The quantitative estimate of drug-likeness (QED) is 0.850. The summed E-state index contributed by atoms with van der Waals surface area (Å²) in [5.41, 5.74) is 1.43. The maximum Gasteiger partial charge on any atom is 0.256 e. The Labute approximate surface area is 128 Å². The van der Waals surface area contributed by atoms with Gasteiger partial charge in [-0.15, -0.1) is 11.8 Å². The van der Waals surface area contributed by atoms with E-state index in [1.165, 1.54) is 0 Å².